The van der Waals surface area contributed by atoms with E-state index in [1.165, 1.54) is 31.5 Å². The number of hydrogen-bond acceptors (Lipinski definition) is 2. The van der Waals surface area contributed by atoms with Crippen LogP contribution < -0.4 is 5.32 Å². The third kappa shape index (κ3) is 2.15. The third-order valence-corrected chi connectivity index (χ3v) is 3.07. The molecule has 1 N–H and O–H groups in total. The highest BCUT2D eigenvalue weighted by molar-refractivity contribution is 4.99. The Kier molecular flexibility index (Phi) is 3.19. The molecule has 0 amide bonds. The second-order valence-electron chi connectivity index (χ2n) is 4.07. The van der Waals surface area contributed by atoms with E-state index in [9.17, 15) is 0 Å². The molecule has 1 aliphatic carbocycles. The molecule has 1 fully saturated rings. The van der Waals surface area contributed by atoms with Gasteiger partial charge in [-0.3, -0.25) is 4.68 Å². The fourth-order valence-electron chi connectivity index (χ4n) is 1.90. The molecule has 2 rings (SSSR count). The molecule has 1 saturated carbocycles. The summed E-state index contributed by atoms with van der Waals surface area (Å²) >= 11 is 0. The van der Waals surface area contributed by atoms with Crippen molar-refractivity contribution in [2.45, 2.75) is 39.3 Å². The van der Waals surface area contributed by atoms with Crippen LogP contribution in [0.4, 0.5) is 0 Å². The Bertz CT molecular complexity index is 276. The Morgan fingerprint density at radius 3 is 3.07 bits per heavy atom. The van der Waals surface area contributed by atoms with Crippen LogP contribution in [0.3, 0.4) is 0 Å². The van der Waals surface area contributed by atoms with E-state index in [2.05, 4.69) is 23.4 Å². The average molecular weight is 193 g/mol. The van der Waals surface area contributed by atoms with Crippen molar-refractivity contribution < 1.29 is 0 Å². The van der Waals surface area contributed by atoms with Gasteiger partial charge in [0, 0.05) is 19.3 Å². The number of aryl methyl sites for hydroxylation is 1. The molecule has 78 valence electrons. The Labute approximate surface area is 85.5 Å². The monoisotopic (exact) mass is 193 g/mol. The number of nitrogens with one attached hydrogen (secondary N) is 1. The predicted molar refractivity (Wildman–Crippen MR) is 56.9 cm³/mol. The van der Waals surface area contributed by atoms with Crippen LogP contribution >= 0.6 is 0 Å². The first-order chi connectivity index (χ1) is 6.90. The third-order valence-electron chi connectivity index (χ3n) is 3.07. The van der Waals surface area contributed by atoms with Crippen LogP contribution in [0.5, 0.6) is 0 Å². The van der Waals surface area contributed by atoms with Crippen molar-refractivity contribution in [2.24, 2.45) is 5.92 Å². The summed E-state index contributed by atoms with van der Waals surface area (Å²) in [5, 5.41) is 7.75. The van der Waals surface area contributed by atoms with Gasteiger partial charge in [0.05, 0.1) is 5.69 Å². The van der Waals surface area contributed by atoms with Crippen molar-refractivity contribution >= 4 is 0 Å². The SMILES string of the molecule is CCn1nccc1CNCC1CCC1. The molecule has 3 heteroatoms. The van der Waals surface area contributed by atoms with Crippen molar-refractivity contribution in [1.29, 1.82) is 0 Å². The summed E-state index contributed by atoms with van der Waals surface area (Å²) < 4.78 is 2.05. The first-order valence-corrected chi connectivity index (χ1v) is 5.61. The van der Waals surface area contributed by atoms with Gasteiger partial charge in [-0.15, -0.1) is 0 Å². The van der Waals surface area contributed by atoms with Gasteiger partial charge in [0.1, 0.15) is 0 Å². The quantitative estimate of drug-likeness (QED) is 0.772. The maximum Gasteiger partial charge on any atom is 0.0521 e. The molecule has 14 heavy (non-hydrogen) atoms. The fourth-order valence-corrected chi connectivity index (χ4v) is 1.90. The Balaban J connectivity index is 1.73. The summed E-state index contributed by atoms with van der Waals surface area (Å²) in [7, 11) is 0. The molecule has 0 saturated heterocycles. The largest absolute Gasteiger partial charge is 0.311 e. The molecule has 0 radical (unpaired) electrons. The lowest BCUT2D eigenvalue weighted by Crippen LogP contribution is -2.27. The lowest BCUT2D eigenvalue weighted by atomic mass is 9.85. The maximum absolute atomic E-state index is 4.24. The first-order valence-electron chi connectivity index (χ1n) is 5.61. The van der Waals surface area contributed by atoms with Gasteiger partial charge >= 0.3 is 0 Å². The number of hydrogen-bond donors (Lipinski definition) is 1. The molecule has 1 aromatic rings. The second-order valence-corrected chi connectivity index (χ2v) is 4.07. The molecule has 0 spiro atoms. The topological polar surface area (TPSA) is 29.9 Å². The van der Waals surface area contributed by atoms with E-state index >= 15 is 0 Å². The standard InChI is InChI=1S/C11H19N3/c1-2-14-11(6-7-13-14)9-12-8-10-4-3-5-10/h6-7,10,12H,2-5,8-9H2,1H3. The molecule has 1 heterocycles. The van der Waals surface area contributed by atoms with Gasteiger partial charge in [0.2, 0.25) is 0 Å². The van der Waals surface area contributed by atoms with Crippen LogP contribution in [0, 0.1) is 5.92 Å². The molecule has 1 aromatic heterocycles. The van der Waals surface area contributed by atoms with Crippen LogP contribution in [-0.2, 0) is 13.1 Å². The molecule has 0 aliphatic heterocycles. The van der Waals surface area contributed by atoms with Crippen LogP contribution in [-0.4, -0.2) is 16.3 Å². The number of nitrogens with zero attached hydrogens (tertiary/aromatic N) is 2. The average Bonchev–Trinajstić information content (AvgIpc) is 2.56. The van der Waals surface area contributed by atoms with E-state index < -0.39 is 0 Å². The molecule has 0 unspecified atom stereocenters. The van der Waals surface area contributed by atoms with Gasteiger partial charge in [-0.1, -0.05) is 6.42 Å². The molecule has 3 nitrogen and oxygen atoms in total. The highest BCUT2D eigenvalue weighted by atomic mass is 15.3. The smallest absolute Gasteiger partial charge is 0.0521 e. The highest BCUT2D eigenvalue weighted by Gasteiger charge is 2.16. The van der Waals surface area contributed by atoms with Gasteiger partial charge in [0.15, 0.2) is 0 Å². The second kappa shape index (κ2) is 4.60. The van der Waals surface area contributed by atoms with Crippen molar-refractivity contribution in [3.05, 3.63) is 18.0 Å². The van der Waals surface area contributed by atoms with Crippen LogP contribution in [0.2, 0.25) is 0 Å². The molecule has 1 aliphatic rings. The van der Waals surface area contributed by atoms with E-state index in [1.54, 1.807) is 0 Å². The summed E-state index contributed by atoms with van der Waals surface area (Å²) in [6.07, 6.45) is 6.14. The summed E-state index contributed by atoms with van der Waals surface area (Å²) in [5.41, 5.74) is 1.30. The van der Waals surface area contributed by atoms with Crippen molar-refractivity contribution in [1.82, 2.24) is 15.1 Å². The first kappa shape index (κ1) is 9.71. The molecule has 0 atom stereocenters. The van der Waals surface area contributed by atoms with E-state index in [-0.39, 0.29) is 0 Å². The van der Waals surface area contributed by atoms with Crippen LogP contribution in [0.1, 0.15) is 31.9 Å². The van der Waals surface area contributed by atoms with E-state index in [0.717, 1.165) is 19.0 Å². The zero-order chi connectivity index (χ0) is 9.80. The minimum atomic E-state index is 0.938. The van der Waals surface area contributed by atoms with Gasteiger partial charge in [-0.05, 0) is 38.3 Å². The van der Waals surface area contributed by atoms with Gasteiger partial charge in [-0.25, -0.2) is 0 Å². The number of aromatic nitrogens is 2. The van der Waals surface area contributed by atoms with Gasteiger partial charge < -0.3 is 5.32 Å². The zero-order valence-corrected chi connectivity index (χ0v) is 8.87. The zero-order valence-electron chi connectivity index (χ0n) is 8.87. The van der Waals surface area contributed by atoms with E-state index in [0.29, 0.717) is 0 Å². The minimum Gasteiger partial charge on any atom is -0.311 e. The summed E-state index contributed by atoms with van der Waals surface area (Å²) in [4.78, 5) is 0. The Morgan fingerprint density at radius 1 is 1.57 bits per heavy atom. The van der Waals surface area contributed by atoms with Gasteiger partial charge in [-0.2, -0.15) is 5.10 Å². The van der Waals surface area contributed by atoms with E-state index in [1.807, 2.05) is 10.9 Å². The van der Waals surface area contributed by atoms with Crippen LogP contribution in [0.25, 0.3) is 0 Å². The fraction of sp³-hybridized carbons (Fsp3) is 0.727. The van der Waals surface area contributed by atoms with Gasteiger partial charge in [0.25, 0.3) is 0 Å². The van der Waals surface area contributed by atoms with Crippen molar-refractivity contribution in [2.75, 3.05) is 6.54 Å². The highest BCUT2D eigenvalue weighted by Crippen LogP contribution is 2.25. The maximum atomic E-state index is 4.24. The van der Waals surface area contributed by atoms with Crippen molar-refractivity contribution in [3.8, 4) is 0 Å². The molecular weight excluding hydrogens is 174 g/mol. The van der Waals surface area contributed by atoms with E-state index in [4.69, 9.17) is 0 Å². The van der Waals surface area contributed by atoms with Crippen LogP contribution in [0.15, 0.2) is 12.3 Å². The summed E-state index contributed by atoms with van der Waals surface area (Å²) in [6, 6.07) is 2.09. The lowest BCUT2D eigenvalue weighted by molar-refractivity contribution is 0.300. The lowest BCUT2D eigenvalue weighted by Gasteiger charge is -2.25. The normalized spacial score (nSPS) is 16.9. The molecule has 0 bridgehead atoms. The predicted octanol–water partition coefficient (Wildman–Crippen LogP) is 1.79. The Morgan fingerprint density at radius 2 is 2.43 bits per heavy atom. The molecule has 0 aromatic carbocycles. The van der Waals surface area contributed by atoms with Crippen molar-refractivity contribution in [3.63, 3.8) is 0 Å². The minimum absolute atomic E-state index is 0.938. The number of rotatable bonds is 5. The Hall–Kier alpha value is -0.830. The summed E-state index contributed by atoms with van der Waals surface area (Å²) in [5.74, 6) is 0.938. The summed E-state index contributed by atoms with van der Waals surface area (Å²) in [6.45, 7) is 5.23. The molecular formula is C11H19N3.